The SMILES string of the molecule is C[C@H]1CCO[C@H]1c1nc(COc2ccccc2)no1. The molecule has 0 spiro atoms. The standard InChI is InChI=1S/C14H16N2O3/c1-10-7-8-17-13(10)14-15-12(16-19-14)9-18-11-5-3-2-4-6-11/h2-6,10,13H,7-9H2,1H3/t10-,13+/m0/s1. The highest BCUT2D eigenvalue weighted by Gasteiger charge is 2.30. The first-order valence-corrected chi connectivity index (χ1v) is 6.45. The Morgan fingerprint density at radius 3 is 2.89 bits per heavy atom. The molecule has 0 N–H and O–H groups in total. The van der Waals surface area contributed by atoms with Crippen molar-refractivity contribution < 1.29 is 14.0 Å². The zero-order valence-electron chi connectivity index (χ0n) is 10.8. The predicted octanol–water partition coefficient (Wildman–Crippen LogP) is 2.75. The Morgan fingerprint density at radius 1 is 1.32 bits per heavy atom. The van der Waals surface area contributed by atoms with E-state index in [9.17, 15) is 0 Å². The Hall–Kier alpha value is -1.88. The number of ether oxygens (including phenoxy) is 2. The van der Waals surface area contributed by atoms with Crippen molar-refractivity contribution in [3.8, 4) is 5.75 Å². The van der Waals surface area contributed by atoms with Gasteiger partial charge >= 0.3 is 0 Å². The Labute approximate surface area is 111 Å². The number of aromatic nitrogens is 2. The molecule has 2 atom stereocenters. The van der Waals surface area contributed by atoms with Gasteiger partial charge in [0.1, 0.15) is 11.9 Å². The smallest absolute Gasteiger partial charge is 0.256 e. The lowest BCUT2D eigenvalue weighted by atomic mass is 10.0. The first-order chi connectivity index (χ1) is 9.33. The maximum Gasteiger partial charge on any atom is 0.256 e. The first-order valence-electron chi connectivity index (χ1n) is 6.45. The molecule has 1 aliphatic heterocycles. The molecule has 5 nitrogen and oxygen atoms in total. The minimum atomic E-state index is -0.0713. The molecule has 0 amide bonds. The predicted molar refractivity (Wildman–Crippen MR) is 67.5 cm³/mol. The van der Waals surface area contributed by atoms with Crippen LogP contribution in [0.3, 0.4) is 0 Å². The summed E-state index contributed by atoms with van der Waals surface area (Å²) in [6, 6.07) is 9.57. The van der Waals surface area contributed by atoms with Crippen molar-refractivity contribution in [1.82, 2.24) is 10.1 Å². The highest BCUT2D eigenvalue weighted by Crippen LogP contribution is 2.32. The molecule has 19 heavy (non-hydrogen) atoms. The van der Waals surface area contributed by atoms with E-state index >= 15 is 0 Å². The van der Waals surface area contributed by atoms with E-state index in [1.807, 2.05) is 30.3 Å². The maximum absolute atomic E-state index is 5.59. The summed E-state index contributed by atoms with van der Waals surface area (Å²) in [5.41, 5.74) is 0. The average molecular weight is 260 g/mol. The van der Waals surface area contributed by atoms with Crippen LogP contribution in [-0.4, -0.2) is 16.7 Å². The Balaban J connectivity index is 1.62. The molecule has 1 aliphatic rings. The van der Waals surface area contributed by atoms with Gasteiger partial charge in [0, 0.05) is 6.61 Å². The average Bonchev–Trinajstić information content (AvgIpc) is 3.06. The van der Waals surface area contributed by atoms with E-state index in [1.54, 1.807) is 0 Å². The molecule has 0 radical (unpaired) electrons. The third kappa shape index (κ3) is 2.76. The summed E-state index contributed by atoms with van der Waals surface area (Å²) in [5.74, 6) is 2.31. The minimum Gasteiger partial charge on any atom is -0.485 e. The van der Waals surface area contributed by atoms with Crippen LogP contribution in [0.25, 0.3) is 0 Å². The fraction of sp³-hybridized carbons (Fsp3) is 0.429. The van der Waals surface area contributed by atoms with Gasteiger partial charge in [-0.1, -0.05) is 30.3 Å². The van der Waals surface area contributed by atoms with E-state index in [2.05, 4.69) is 17.1 Å². The summed E-state index contributed by atoms with van der Waals surface area (Å²) in [6.07, 6.45) is 0.959. The van der Waals surface area contributed by atoms with Crippen molar-refractivity contribution in [2.75, 3.05) is 6.61 Å². The highest BCUT2D eigenvalue weighted by molar-refractivity contribution is 5.20. The van der Waals surface area contributed by atoms with Gasteiger partial charge in [-0.25, -0.2) is 0 Å². The Kier molecular flexibility index (Phi) is 3.46. The molecule has 1 fully saturated rings. The summed E-state index contributed by atoms with van der Waals surface area (Å²) < 4.78 is 16.4. The van der Waals surface area contributed by atoms with Gasteiger partial charge in [0.05, 0.1) is 0 Å². The lowest BCUT2D eigenvalue weighted by Crippen LogP contribution is -2.04. The molecule has 1 aromatic heterocycles. The van der Waals surface area contributed by atoms with Crippen molar-refractivity contribution in [1.29, 1.82) is 0 Å². The van der Waals surface area contributed by atoms with Crippen LogP contribution in [0.4, 0.5) is 0 Å². The van der Waals surface area contributed by atoms with Gasteiger partial charge in [0.25, 0.3) is 5.89 Å². The second kappa shape index (κ2) is 5.40. The van der Waals surface area contributed by atoms with E-state index in [-0.39, 0.29) is 6.10 Å². The number of nitrogens with zero attached hydrogens (tertiary/aromatic N) is 2. The van der Waals surface area contributed by atoms with E-state index in [0.29, 0.717) is 24.2 Å². The van der Waals surface area contributed by atoms with Gasteiger partial charge in [-0.3, -0.25) is 0 Å². The molecular weight excluding hydrogens is 244 g/mol. The van der Waals surface area contributed by atoms with Crippen molar-refractivity contribution in [2.45, 2.75) is 26.1 Å². The van der Waals surface area contributed by atoms with Gasteiger partial charge in [-0.15, -0.1) is 0 Å². The quantitative estimate of drug-likeness (QED) is 0.846. The van der Waals surface area contributed by atoms with Crippen molar-refractivity contribution in [2.24, 2.45) is 5.92 Å². The molecule has 3 rings (SSSR count). The number of benzene rings is 1. The lowest BCUT2D eigenvalue weighted by Gasteiger charge is -2.07. The first kappa shape index (κ1) is 12.2. The van der Waals surface area contributed by atoms with Crippen molar-refractivity contribution in [3.63, 3.8) is 0 Å². The zero-order valence-corrected chi connectivity index (χ0v) is 10.8. The molecule has 0 unspecified atom stereocenters. The molecular formula is C14H16N2O3. The largest absolute Gasteiger partial charge is 0.485 e. The summed E-state index contributed by atoms with van der Waals surface area (Å²) in [6.45, 7) is 3.18. The van der Waals surface area contributed by atoms with Crippen LogP contribution in [0, 0.1) is 5.92 Å². The zero-order chi connectivity index (χ0) is 13.1. The van der Waals surface area contributed by atoms with E-state index in [1.165, 1.54) is 0 Å². The summed E-state index contributed by atoms with van der Waals surface area (Å²) >= 11 is 0. The van der Waals surface area contributed by atoms with Crippen LogP contribution >= 0.6 is 0 Å². The molecule has 2 heterocycles. The van der Waals surface area contributed by atoms with Gasteiger partial charge in [-0.05, 0) is 24.5 Å². The number of para-hydroxylation sites is 1. The third-order valence-electron chi connectivity index (χ3n) is 3.23. The van der Waals surface area contributed by atoms with E-state index in [4.69, 9.17) is 14.0 Å². The molecule has 0 bridgehead atoms. The minimum absolute atomic E-state index is 0.0713. The summed E-state index contributed by atoms with van der Waals surface area (Å²) in [7, 11) is 0. The number of rotatable bonds is 4. The van der Waals surface area contributed by atoms with Gasteiger partial charge < -0.3 is 14.0 Å². The Bertz CT molecular complexity index is 526. The molecule has 1 saturated heterocycles. The van der Waals surface area contributed by atoms with Gasteiger partial charge in [0.2, 0.25) is 5.82 Å². The summed E-state index contributed by atoms with van der Waals surface area (Å²) in [5, 5.41) is 3.92. The van der Waals surface area contributed by atoms with Crippen LogP contribution < -0.4 is 4.74 Å². The van der Waals surface area contributed by atoms with E-state index < -0.39 is 0 Å². The van der Waals surface area contributed by atoms with Gasteiger partial charge in [0.15, 0.2) is 6.61 Å². The van der Waals surface area contributed by atoms with Crippen LogP contribution in [0.1, 0.15) is 31.2 Å². The molecule has 100 valence electrons. The van der Waals surface area contributed by atoms with Crippen LogP contribution in [0.5, 0.6) is 5.75 Å². The van der Waals surface area contributed by atoms with Crippen molar-refractivity contribution in [3.05, 3.63) is 42.0 Å². The molecule has 0 aliphatic carbocycles. The third-order valence-corrected chi connectivity index (χ3v) is 3.23. The van der Waals surface area contributed by atoms with Gasteiger partial charge in [-0.2, -0.15) is 4.98 Å². The topological polar surface area (TPSA) is 57.4 Å². The van der Waals surface area contributed by atoms with Crippen LogP contribution in [0.15, 0.2) is 34.9 Å². The van der Waals surface area contributed by atoms with Crippen molar-refractivity contribution >= 4 is 0 Å². The fourth-order valence-electron chi connectivity index (χ4n) is 2.12. The molecule has 0 saturated carbocycles. The maximum atomic E-state index is 5.59. The Morgan fingerprint density at radius 2 is 2.16 bits per heavy atom. The number of hydrogen-bond donors (Lipinski definition) is 0. The second-order valence-corrected chi connectivity index (χ2v) is 4.71. The van der Waals surface area contributed by atoms with Crippen LogP contribution in [-0.2, 0) is 11.3 Å². The fourth-order valence-corrected chi connectivity index (χ4v) is 2.12. The number of hydrogen-bond acceptors (Lipinski definition) is 5. The lowest BCUT2D eigenvalue weighted by molar-refractivity contribution is 0.0661. The second-order valence-electron chi connectivity index (χ2n) is 4.71. The molecule has 1 aromatic carbocycles. The van der Waals surface area contributed by atoms with E-state index in [0.717, 1.165) is 18.8 Å². The molecule has 2 aromatic rings. The monoisotopic (exact) mass is 260 g/mol. The highest BCUT2D eigenvalue weighted by atomic mass is 16.5. The summed E-state index contributed by atoms with van der Waals surface area (Å²) in [4.78, 5) is 4.33. The molecule has 5 heteroatoms. The van der Waals surface area contributed by atoms with Crippen LogP contribution in [0.2, 0.25) is 0 Å². The normalized spacial score (nSPS) is 22.6.